The lowest BCUT2D eigenvalue weighted by molar-refractivity contribution is 0.0762. The lowest BCUT2D eigenvalue weighted by Crippen LogP contribution is -2.32. The Bertz CT molecular complexity index is 679. The first-order chi connectivity index (χ1) is 11.6. The summed E-state index contributed by atoms with van der Waals surface area (Å²) < 4.78 is 7.51. The lowest BCUT2D eigenvalue weighted by Gasteiger charge is -2.18. The molecule has 2 aromatic rings. The number of amides is 1. The van der Waals surface area contributed by atoms with Gasteiger partial charge in [0, 0.05) is 14.1 Å². The van der Waals surface area contributed by atoms with E-state index in [9.17, 15) is 4.79 Å². The molecular formula is C19H27N3O2. The molecule has 0 atom stereocenters. The smallest absolute Gasteiger partial charge is 0.271 e. The molecule has 5 nitrogen and oxygen atoms in total. The Morgan fingerprint density at radius 1 is 1.29 bits per heavy atom. The fourth-order valence-corrected chi connectivity index (χ4v) is 2.63. The van der Waals surface area contributed by atoms with Gasteiger partial charge >= 0.3 is 0 Å². The molecule has 0 radical (unpaired) electrons. The van der Waals surface area contributed by atoms with Crippen molar-refractivity contribution in [3.8, 4) is 5.75 Å². The molecule has 1 aromatic carbocycles. The van der Waals surface area contributed by atoms with Crippen LogP contribution in [-0.2, 0) is 19.9 Å². The first-order valence-electron chi connectivity index (χ1n) is 8.55. The zero-order valence-electron chi connectivity index (χ0n) is 15.1. The zero-order chi connectivity index (χ0) is 17.5. The summed E-state index contributed by atoms with van der Waals surface area (Å²) in [5.74, 6) is 0.867. The highest BCUT2D eigenvalue weighted by molar-refractivity contribution is 5.92. The molecule has 0 saturated carbocycles. The standard InChI is InChI=1S/C19H27N3O2/c1-5-9-16-14-17(22(4)20-16)19(23)21(3)12-13-24-18-11-8-7-10-15(18)6-2/h7-8,10-11,14H,5-6,9,12-13H2,1-4H3. The molecule has 0 bridgehead atoms. The van der Waals surface area contributed by atoms with Gasteiger partial charge in [0.1, 0.15) is 18.1 Å². The third kappa shape index (κ3) is 4.37. The first-order valence-corrected chi connectivity index (χ1v) is 8.55. The molecule has 0 aliphatic carbocycles. The minimum atomic E-state index is -0.0280. The number of carbonyl (C=O) groups excluding carboxylic acids is 1. The summed E-state index contributed by atoms with van der Waals surface area (Å²) in [6.07, 6.45) is 2.84. The number of likely N-dealkylation sites (N-methyl/N-ethyl adjacent to an activating group) is 1. The average Bonchev–Trinajstić information content (AvgIpc) is 2.95. The number of nitrogens with zero attached hydrogens (tertiary/aromatic N) is 3. The summed E-state index contributed by atoms with van der Waals surface area (Å²) in [4.78, 5) is 14.2. The Labute approximate surface area is 144 Å². The number of aryl methyl sites for hydroxylation is 3. The van der Waals surface area contributed by atoms with E-state index in [2.05, 4.69) is 25.0 Å². The number of carbonyl (C=O) groups is 1. The summed E-state index contributed by atoms with van der Waals surface area (Å²) in [6.45, 7) is 5.21. The van der Waals surface area contributed by atoms with E-state index in [-0.39, 0.29) is 5.91 Å². The molecule has 24 heavy (non-hydrogen) atoms. The van der Waals surface area contributed by atoms with Crippen molar-refractivity contribution in [3.05, 3.63) is 47.3 Å². The summed E-state index contributed by atoms with van der Waals surface area (Å²) in [5, 5.41) is 4.39. The summed E-state index contributed by atoms with van der Waals surface area (Å²) in [7, 11) is 3.61. The van der Waals surface area contributed by atoms with Gasteiger partial charge in [-0.25, -0.2) is 0 Å². The second-order valence-electron chi connectivity index (χ2n) is 5.93. The van der Waals surface area contributed by atoms with Crippen LogP contribution >= 0.6 is 0 Å². The summed E-state index contributed by atoms with van der Waals surface area (Å²) >= 11 is 0. The van der Waals surface area contributed by atoms with Crippen LogP contribution in [0.15, 0.2) is 30.3 Å². The molecule has 0 fully saturated rings. The molecule has 0 aliphatic heterocycles. The fourth-order valence-electron chi connectivity index (χ4n) is 2.63. The maximum atomic E-state index is 12.6. The second kappa shape index (κ2) is 8.52. The van der Waals surface area contributed by atoms with E-state index in [0.717, 1.165) is 30.7 Å². The van der Waals surface area contributed by atoms with E-state index >= 15 is 0 Å². The Kier molecular flexibility index (Phi) is 6.41. The van der Waals surface area contributed by atoms with Crippen LogP contribution in [-0.4, -0.2) is 40.8 Å². The van der Waals surface area contributed by atoms with Crippen molar-refractivity contribution in [2.45, 2.75) is 33.1 Å². The van der Waals surface area contributed by atoms with Crippen molar-refractivity contribution < 1.29 is 9.53 Å². The van der Waals surface area contributed by atoms with Crippen LogP contribution in [0, 0.1) is 0 Å². The zero-order valence-corrected chi connectivity index (χ0v) is 15.1. The van der Waals surface area contributed by atoms with Gasteiger partial charge in [0.15, 0.2) is 0 Å². The molecule has 0 unspecified atom stereocenters. The van der Waals surface area contributed by atoms with E-state index in [1.807, 2.05) is 31.3 Å². The number of hydrogen-bond acceptors (Lipinski definition) is 3. The normalized spacial score (nSPS) is 10.7. The van der Waals surface area contributed by atoms with Gasteiger partial charge in [0.2, 0.25) is 0 Å². The molecule has 0 aliphatic rings. The highest BCUT2D eigenvalue weighted by Crippen LogP contribution is 2.18. The van der Waals surface area contributed by atoms with E-state index in [4.69, 9.17) is 4.74 Å². The fraction of sp³-hybridized carbons (Fsp3) is 0.474. The van der Waals surface area contributed by atoms with Gasteiger partial charge in [-0.15, -0.1) is 0 Å². The van der Waals surface area contributed by atoms with Gasteiger partial charge in [0.05, 0.1) is 12.2 Å². The van der Waals surface area contributed by atoms with E-state index in [0.29, 0.717) is 18.8 Å². The van der Waals surface area contributed by atoms with E-state index in [1.54, 1.807) is 16.6 Å². The van der Waals surface area contributed by atoms with Crippen LogP contribution in [0.3, 0.4) is 0 Å². The van der Waals surface area contributed by atoms with Gasteiger partial charge in [-0.3, -0.25) is 9.48 Å². The van der Waals surface area contributed by atoms with Crippen molar-refractivity contribution in [1.29, 1.82) is 0 Å². The summed E-state index contributed by atoms with van der Waals surface area (Å²) in [5.41, 5.74) is 2.77. The highest BCUT2D eigenvalue weighted by atomic mass is 16.5. The van der Waals surface area contributed by atoms with Crippen molar-refractivity contribution >= 4 is 5.91 Å². The van der Waals surface area contributed by atoms with Gasteiger partial charge in [0.25, 0.3) is 5.91 Å². The molecule has 1 amide bonds. The van der Waals surface area contributed by atoms with Crippen LogP contribution in [0.25, 0.3) is 0 Å². The molecule has 130 valence electrons. The lowest BCUT2D eigenvalue weighted by atomic mass is 10.1. The summed E-state index contributed by atoms with van der Waals surface area (Å²) in [6, 6.07) is 9.90. The van der Waals surface area contributed by atoms with Crippen molar-refractivity contribution in [3.63, 3.8) is 0 Å². The predicted octanol–water partition coefficient (Wildman–Crippen LogP) is 3.09. The molecule has 1 aromatic heterocycles. The van der Waals surface area contributed by atoms with Gasteiger partial charge in [-0.1, -0.05) is 38.5 Å². The van der Waals surface area contributed by atoms with Crippen molar-refractivity contribution in [2.24, 2.45) is 7.05 Å². The van der Waals surface area contributed by atoms with Crippen LogP contribution < -0.4 is 4.74 Å². The van der Waals surface area contributed by atoms with E-state index < -0.39 is 0 Å². The predicted molar refractivity (Wildman–Crippen MR) is 95.5 cm³/mol. The Morgan fingerprint density at radius 2 is 2.04 bits per heavy atom. The number of rotatable bonds is 8. The van der Waals surface area contributed by atoms with Crippen LogP contribution in [0.2, 0.25) is 0 Å². The number of benzene rings is 1. The number of para-hydroxylation sites is 1. The van der Waals surface area contributed by atoms with Crippen molar-refractivity contribution in [1.82, 2.24) is 14.7 Å². The van der Waals surface area contributed by atoms with Crippen LogP contribution in [0.1, 0.15) is 42.0 Å². The Morgan fingerprint density at radius 3 is 2.75 bits per heavy atom. The topological polar surface area (TPSA) is 47.4 Å². The minimum absolute atomic E-state index is 0.0280. The number of aromatic nitrogens is 2. The molecule has 0 saturated heterocycles. The van der Waals surface area contributed by atoms with Gasteiger partial charge < -0.3 is 9.64 Å². The van der Waals surface area contributed by atoms with Crippen LogP contribution in [0.4, 0.5) is 0 Å². The molecule has 0 spiro atoms. The highest BCUT2D eigenvalue weighted by Gasteiger charge is 2.17. The SMILES string of the molecule is CCCc1cc(C(=O)N(C)CCOc2ccccc2CC)n(C)n1. The molecule has 1 heterocycles. The largest absolute Gasteiger partial charge is 0.491 e. The Balaban J connectivity index is 1.92. The Hall–Kier alpha value is -2.30. The van der Waals surface area contributed by atoms with Gasteiger partial charge in [-0.05, 0) is 30.5 Å². The van der Waals surface area contributed by atoms with E-state index in [1.165, 1.54) is 5.56 Å². The quantitative estimate of drug-likeness (QED) is 0.748. The number of hydrogen-bond donors (Lipinski definition) is 0. The first kappa shape index (κ1) is 18.0. The van der Waals surface area contributed by atoms with Crippen LogP contribution in [0.5, 0.6) is 5.75 Å². The second-order valence-corrected chi connectivity index (χ2v) is 5.93. The third-order valence-electron chi connectivity index (χ3n) is 4.04. The van der Waals surface area contributed by atoms with Crippen molar-refractivity contribution in [2.75, 3.05) is 20.2 Å². The molecule has 2 rings (SSSR count). The molecule has 5 heteroatoms. The average molecular weight is 329 g/mol. The minimum Gasteiger partial charge on any atom is -0.491 e. The third-order valence-corrected chi connectivity index (χ3v) is 4.04. The molecule has 0 N–H and O–H groups in total. The monoisotopic (exact) mass is 329 g/mol. The molecular weight excluding hydrogens is 302 g/mol. The maximum absolute atomic E-state index is 12.6. The number of ether oxygens (including phenoxy) is 1. The van der Waals surface area contributed by atoms with Gasteiger partial charge in [-0.2, -0.15) is 5.10 Å². The maximum Gasteiger partial charge on any atom is 0.271 e.